The van der Waals surface area contributed by atoms with Crippen LogP contribution in [0.4, 0.5) is 0 Å². The standard InChI is InChI=1S/C17H19N3O/c21-17(11-14-4-3-7-18-12-14)20-9-6-15(13-20)10-16-5-1-2-8-19-16/h1-5,7-8,12,15H,6,9-11,13H2. The number of rotatable bonds is 4. The molecule has 1 amide bonds. The quantitative estimate of drug-likeness (QED) is 0.862. The average Bonchev–Trinajstić information content (AvgIpc) is 2.98. The molecular weight excluding hydrogens is 262 g/mol. The zero-order chi connectivity index (χ0) is 14.5. The van der Waals surface area contributed by atoms with E-state index in [4.69, 9.17) is 0 Å². The Kier molecular flexibility index (Phi) is 4.24. The van der Waals surface area contributed by atoms with Crippen LogP contribution in [0.5, 0.6) is 0 Å². The van der Waals surface area contributed by atoms with E-state index in [-0.39, 0.29) is 5.91 Å². The lowest BCUT2D eigenvalue weighted by atomic mass is 10.0. The highest BCUT2D eigenvalue weighted by atomic mass is 16.2. The molecule has 1 atom stereocenters. The van der Waals surface area contributed by atoms with Gasteiger partial charge in [0.1, 0.15) is 0 Å². The third-order valence-electron chi connectivity index (χ3n) is 3.94. The number of hydrogen-bond acceptors (Lipinski definition) is 3. The monoisotopic (exact) mass is 281 g/mol. The van der Waals surface area contributed by atoms with Gasteiger partial charge in [0.15, 0.2) is 0 Å². The maximum Gasteiger partial charge on any atom is 0.227 e. The van der Waals surface area contributed by atoms with Crippen molar-refractivity contribution in [2.75, 3.05) is 13.1 Å². The van der Waals surface area contributed by atoms with Crippen LogP contribution in [0.1, 0.15) is 17.7 Å². The molecule has 108 valence electrons. The smallest absolute Gasteiger partial charge is 0.227 e. The summed E-state index contributed by atoms with van der Waals surface area (Å²) in [5.74, 6) is 0.726. The fourth-order valence-corrected chi connectivity index (χ4v) is 2.83. The molecule has 1 fully saturated rings. The van der Waals surface area contributed by atoms with Crippen LogP contribution in [0, 0.1) is 5.92 Å². The molecule has 4 nitrogen and oxygen atoms in total. The van der Waals surface area contributed by atoms with Gasteiger partial charge in [0.25, 0.3) is 0 Å². The highest BCUT2D eigenvalue weighted by Crippen LogP contribution is 2.20. The molecule has 0 bridgehead atoms. The number of likely N-dealkylation sites (tertiary alicyclic amines) is 1. The highest BCUT2D eigenvalue weighted by Gasteiger charge is 2.26. The van der Waals surface area contributed by atoms with Crippen LogP contribution in [-0.4, -0.2) is 33.9 Å². The van der Waals surface area contributed by atoms with E-state index in [1.807, 2.05) is 35.4 Å². The molecule has 4 heteroatoms. The zero-order valence-electron chi connectivity index (χ0n) is 12.0. The second-order valence-electron chi connectivity index (χ2n) is 5.56. The lowest BCUT2D eigenvalue weighted by molar-refractivity contribution is -0.129. The molecule has 0 spiro atoms. The Morgan fingerprint density at radius 2 is 2.19 bits per heavy atom. The van der Waals surface area contributed by atoms with Crippen LogP contribution in [0.15, 0.2) is 48.9 Å². The maximum atomic E-state index is 12.3. The van der Waals surface area contributed by atoms with Gasteiger partial charge in [0.05, 0.1) is 6.42 Å². The normalized spacial score (nSPS) is 17.9. The molecule has 0 aromatic carbocycles. The predicted molar refractivity (Wildman–Crippen MR) is 80.6 cm³/mol. The van der Waals surface area contributed by atoms with Gasteiger partial charge in [-0.15, -0.1) is 0 Å². The second-order valence-corrected chi connectivity index (χ2v) is 5.56. The Labute approximate surface area is 124 Å². The van der Waals surface area contributed by atoms with Crippen molar-refractivity contribution in [3.05, 3.63) is 60.2 Å². The third-order valence-corrected chi connectivity index (χ3v) is 3.94. The molecule has 1 unspecified atom stereocenters. The molecule has 0 N–H and O–H groups in total. The summed E-state index contributed by atoms with van der Waals surface area (Å²) in [7, 11) is 0. The molecule has 3 heterocycles. The molecule has 3 rings (SSSR count). The van der Waals surface area contributed by atoms with Gasteiger partial charge in [-0.25, -0.2) is 0 Å². The van der Waals surface area contributed by atoms with Gasteiger partial charge < -0.3 is 4.90 Å². The van der Waals surface area contributed by atoms with Gasteiger partial charge in [-0.3, -0.25) is 14.8 Å². The SMILES string of the molecule is O=C(Cc1cccnc1)N1CCC(Cc2ccccn2)C1. The summed E-state index contributed by atoms with van der Waals surface area (Å²) in [6.45, 7) is 1.70. The first-order valence-corrected chi connectivity index (χ1v) is 7.38. The number of amides is 1. The van der Waals surface area contributed by atoms with Gasteiger partial charge >= 0.3 is 0 Å². The van der Waals surface area contributed by atoms with E-state index in [1.165, 1.54) is 0 Å². The average molecular weight is 281 g/mol. The summed E-state index contributed by atoms with van der Waals surface area (Å²) in [6.07, 6.45) is 7.79. The Hall–Kier alpha value is -2.23. The van der Waals surface area contributed by atoms with Crippen molar-refractivity contribution in [1.29, 1.82) is 0 Å². The zero-order valence-corrected chi connectivity index (χ0v) is 12.0. The summed E-state index contributed by atoms with van der Waals surface area (Å²) in [5.41, 5.74) is 2.10. The van der Waals surface area contributed by atoms with E-state index < -0.39 is 0 Å². The van der Waals surface area contributed by atoms with Crippen molar-refractivity contribution in [2.24, 2.45) is 5.92 Å². The largest absolute Gasteiger partial charge is 0.342 e. The molecular formula is C17H19N3O. The summed E-state index contributed by atoms with van der Waals surface area (Å²) in [6, 6.07) is 9.83. The minimum absolute atomic E-state index is 0.200. The van der Waals surface area contributed by atoms with Crippen LogP contribution in [0.3, 0.4) is 0 Å². The van der Waals surface area contributed by atoms with Crippen LogP contribution in [0.25, 0.3) is 0 Å². The van der Waals surface area contributed by atoms with E-state index in [1.54, 1.807) is 12.4 Å². The lowest BCUT2D eigenvalue weighted by Gasteiger charge is -2.16. The number of carbonyl (C=O) groups excluding carboxylic acids is 1. The summed E-state index contributed by atoms with van der Waals surface area (Å²) >= 11 is 0. The molecule has 21 heavy (non-hydrogen) atoms. The predicted octanol–water partition coefficient (Wildman–Crippen LogP) is 2.11. The van der Waals surface area contributed by atoms with Crippen molar-refractivity contribution in [2.45, 2.75) is 19.3 Å². The summed E-state index contributed by atoms with van der Waals surface area (Å²) < 4.78 is 0. The van der Waals surface area contributed by atoms with Gasteiger partial charge in [-0.1, -0.05) is 12.1 Å². The van der Waals surface area contributed by atoms with Crippen molar-refractivity contribution in [1.82, 2.24) is 14.9 Å². The molecule has 2 aromatic rings. The first-order chi connectivity index (χ1) is 10.3. The molecule has 0 saturated carbocycles. The van der Waals surface area contributed by atoms with Gasteiger partial charge in [0, 0.05) is 37.4 Å². The van der Waals surface area contributed by atoms with Crippen LogP contribution in [-0.2, 0) is 17.6 Å². The Morgan fingerprint density at radius 3 is 2.95 bits per heavy atom. The Bertz CT molecular complexity index is 585. The number of hydrogen-bond donors (Lipinski definition) is 0. The van der Waals surface area contributed by atoms with Crippen LogP contribution in [0.2, 0.25) is 0 Å². The van der Waals surface area contributed by atoms with E-state index in [0.717, 1.165) is 37.2 Å². The number of nitrogens with zero attached hydrogens (tertiary/aromatic N) is 3. The van der Waals surface area contributed by atoms with Crippen molar-refractivity contribution in [3.8, 4) is 0 Å². The topological polar surface area (TPSA) is 46.1 Å². The molecule has 0 aliphatic carbocycles. The van der Waals surface area contributed by atoms with Crippen LogP contribution >= 0.6 is 0 Å². The Morgan fingerprint density at radius 1 is 1.24 bits per heavy atom. The third kappa shape index (κ3) is 3.66. The van der Waals surface area contributed by atoms with E-state index in [0.29, 0.717) is 12.3 Å². The second kappa shape index (κ2) is 6.48. The number of carbonyl (C=O) groups is 1. The van der Waals surface area contributed by atoms with Gasteiger partial charge in [-0.2, -0.15) is 0 Å². The maximum absolute atomic E-state index is 12.3. The lowest BCUT2D eigenvalue weighted by Crippen LogP contribution is -2.30. The summed E-state index contributed by atoms with van der Waals surface area (Å²) in [4.78, 5) is 22.7. The van der Waals surface area contributed by atoms with Crippen molar-refractivity contribution in [3.63, 3.8) is 0 Å². The number of aromatic nitrogens is 2. The molecule has 1 aliphatic heterocycles. The highest BCUT2D eigenvalue weighted by molar-refractivity contribution is 5.78. The Balaban J connectivity index is 1.53. The fraction of sp³-hybridized carbons (Fsp3) is 0.353. The number of pyridine rings is 2. The van der Waals surface area contributed by atoms with E-state index >= 15 is 0 Å². The molecule has 1 saturated heterocycles. The molecule has 1 aliphatic rings. The fourth-order valence-electron chi connectivity index (χ4n) is 2.83. The van der Waals surface area contributed by atoms with E-state index in [9.17, 15) is 4.79 Å². The molecule has 2 aromatic heterocycles. The minimum Gasteiger partial charge on any atom is -0.342 e. The van der Waals surface area contributed by atoms with Crippen molar-refractivity contribution < 1.29 is 4.79 Å². The van der Waals surface area contributed by atoms with Crippen molar-refractivity contribution >= 4 is 5.91 Å². The minimum atomic E-state index is 0.200. The summed E-state index contributed by atoms with van der Waals surface area (Å²) in [5, 5.41) is 0. The molecule has 0 radical (unpaired) electrons. The first kappa shape index (κ1) is 13.7. The van der Waals surface area contributed by atoms with Gasteiger partial charge in [-0.05, 0) is 42.5 Å². The van der Waals surface area contributed by atoms with E-state index in [2.05, 4.69) is 16.0 Å². The van der Waals surface area contributed by atoms with Gasteiger partial charge in [0.2, 0.25) is 5.91 Å². The van der Waals surface area contributed by atoms with Crippen LogP contribution < -0.4 is 0 Å². The first-order valence-electron chi connectivity index (χ1n) is 7.38.